The molecule has 1 aliphatic rings. The van der Waals surface area contributed by atoms with Crippen molar-refractivity contribution in [3.8, 4) is 12.8 Å². The molecule has 3 heterocycles. The van der Waals surface area contributed by atoms with E-state index in [1.165, 1.54) is 12.4 Å². The van der Waals surface area contributed by atoms with Crippen molar-refractivity contribution >= 4 is 22.8 Å². The molecule has 0 radical (unpaired) electrons. The largest absolute Gasteiger partial charge is 0.381 e. The second-order valence-corrected chi connectivity index (χ2v) is 4.77. The van der Waals surface area contributed by atoms with Gasteiger partial charge in [-0.05, 0) is 30.5 Å². The first-order valence-corrected chi connectivity index (χ1v) is 6.88. The van der Waals surface area contributed by atoms with Gasteiger partial charge in [0.1, 0.15) is 6.33 Å². The molecular formula is C15H17N6OW-. The third-order valence-corrected chi connectivity index (χ3v) is 3.37. The maximum Gasteiger partial charge on any atom is 0.195 e. The van der Waals surface area contributed by atoms with Gasteiger partial charge in [0.05, 0.1) is 5.82 Å². The molecule has 2 aromatic rings. The molecule has 0 aliphatic carbocycles. The summed E-state index contributed by atoms with van der Waals surface area (Å²) in [6.07, 6.45) is 14.3. The van der Waals surface area contributed by atoms with Gasteiger partial charge in [0.2, 0.25) is 0 Å². The van der Waals surface area contributed by atoms with E-state index >= 15 is 0 Å². The molecule has 1 fully saturated rings. The average molecular weight is 481 g/mol. The minimum Gasteiger partial charge on any atom is -0.381 e. The normalized spacial score (nSPS) is 16.5. The van der Waals surface area contributed by atoms with Crippen LogP contribution in [0.2, 0.25) is 0 Å². The molecule has 1 atom stereocenters. The van der Waals surface area contributed by atoms with E-state index in [0.717, 1.165) is 25.9 Å². The third kappa shape index (κ3) is 4.47. The van der Waals surface area contributed by atoms with Gasteiger partial charge in [-0.3, -0.25) is 9.78 Å². The van der Waals surface area contributed by atoms with Crippen LogP contribution in [-0.2, 0) is 21.1 Å². The standard InChI is InChI=1S/C13H15N6O.C2H2.W/c14-12(20)9-3-5-16-11-10(9)17-7-18-13(11)19-8-2-1-4-15-6-8;1-2;/h3,7-8,15H,1-2,4,6H2,(H2,14,20)(H,17,18,19);1-2H;/q-1;;/t8-;;/m0../s1. The molecule has 1 aliphatic heterocycles. The number of anilines is 1. The number of hydrogen-bond donors (Lipinski definition) is 3. The van der Waals surface area contributed by atoms with E-state index in [0.29, 0.717) is 28.5 Å². The molecule has 23 heavy (non-hydrogen) atoms. The Hall–Kier alpha value is -2.03. The molecule has 1 saturated heterocycles. The zero-order valence-corrected chi connectivity index (χ0v) is 15.4. The first-order valence-electron chi connectivity index (χ1n) is 6.88. The van der Waals surface area contributed by atoms with Crippen molar-refractivity contribution in [1.29, 1.82) is 0 Å². The third-order valence-electron chi connectivity index (χ3n) is 3.37. The Morgan fingerprint density at radius 1 is 1.39 bits per heavy atom. The van der Waals surface area contributed by atoms with E-state index in [9.17, 15) is 4.79 Å². The Balaban J connectivity index is 0.000000849. The molecule has 0 unspecified atom stereocenters. The van der Waals surface area contributed by atoms with Gasteiger partial charge in [-0.25, -0.2) is 4.98 Å². The molecule has 0 saturated carbocycles. The number of amides is 1. The maximum atomic E-state index is 11.4. The second kappa shape index (κ2) is 9.18. The SMILES string of the molecule is C#C.NC(=O)c1c[c-]nc2c(N[C@H]3CCCNC3)ncnc12.[W]. The van der Waals surface area contributed by atoms with E-state index < -0.39 is 5.91 Å². The molecule has 0 spiro atoms. The summed E-state index contributed by atoms with van der Waals surface area (Å²) >= 11 is 0. The number of aromatic nitrogens is 3. The molecule has 1 amide bonds. The minimum absolute atomic E-state index is 0. The van der Waals surface area contributed by atoms with Crippen molar-refractivity contribution in [2.24, 2.45) is 5.73 Å². The van der Waals surface area contributed by atoms with Crippen LogP contribution in [0.25, 0.3) is 11.0 Å². The fraction of sp³-hybridized carbons (Fsp3) is 0.333. The van der Waals surface area contributed by atoms with E-state index in [1.807, 2.05) is 0 Å². The van der Waals surface area contributed by atoms with Crippen LogP contribution in [0.1, 0.15) is 23.2 Å². The monoisotopic (exact) mass is 481 g/mol. The Labute approximate surface area is 149 Å². The van der Waals surface area contributed by atoms with Crippen LogP contribution in [0.5, 0.6) is 0 Å². The number of pyridine rings is 1. The molecular weight excluding hydrogens is 464 g/mol. The van der Waals surface area contributed by atoms with Crippen molar-refractivity contribution < 1.29 is 25.9 Å². The summed E-state index contributed by atoms with van der Waals surface area (Å²) in [6, 6.07) is 1.74. The van der Waals surface area contributed by atoms with Gasteiger partial charge in [-0.2, -0.15) is 0 Å². The topological polar surface area (TPSA) is 106 Å². The Morgan fingerprint density at radius 2 is 2.17 bits per heavy atom. The fourth-order valence-electron chi connectivity index (χ4n) is 2.37. The number of nitrogens with one attached hydrogen (secondary N) is 2. The number of fused-ring (bicyclic) bond motifs is 1. The molecule has 120 valence electrons. The zero-order valence-electron chi connectivity index (χ0n) is 12.5. The number of rotatable bonds is 3. The van der Waals surface area contributed by atoms with Gasteiger partial charge in [0.25, 0.3) is 0 Å². The molecule has 4 N–H and O–H groups in total. The van der Waals surface area contributed by atoms with E-state index in [1.54, 1.807) is 0 Å². The van der Waals surface area contributed by atoms with Gasteiger partial charge in [-0.15, -0.1) is 18.9 Å². The number of carbonyl (C=O) groups is 1. The van der Waals surface area contributed by atoms with Crippen LogP contribution in [0, 0.1) is 19.0 Å². The second-order valence-electron chi connectivity index (χ2n) is 4.77. The Kier molecular flexibility index (Phi) is 7.59. The van der Waals surface area contributed by atoms with Crippen LogP contribution in [0.15, 0.2) is 12.4 Å². The number of nitrogens with zero attached hydrogens (tertiary/aromatic N) is 3. The number of nitrogens with two attached hydrogens (primary N) is 1. The van der Waals surface area contributed by atoms with Crippen LogP contribution in [0.4, 0.5) is 5.82 Å². The average Bonchev–Trinajstić information content (AvgIpc) is 2.57. The summed E-state index contributed by atoms with van der Waals surface area (Å²) in [6.45, 7) is 1.92. The number of piperidine rings is 1. The zero-order chi connectivity index (χ0) is 15.9. The molecule has 7 nitrogen and oxygen atoms in total. The molecule has 0 aromatic carbocycles. The molecule has 2 aromatic heterocycles. The Bertz CT molecular complexity index is 684. The number of carbonyl (C=O) groups excluding carboxylic acids is 1. The van der Waals surface area contributed by atoms with Gasteiger partial charge < -0.3 is 21.4 Å². The van der Waals surface area contributed by atoms with Gasteiger partial charge >= 0.3 is 0 Å². The number of terminal acetylenes is 1. The summed E-state index contributed by atoms with van der Waals surface area (Å²) < 4.78 is 0. The van der Waals surface area contributed by atoms with Gasteiger partial charge in [0.15, 0.2) is 5.91 Å². The van der Waals surface area contributed by atoms with Crippen LogP contribution in [0.3, 0.4) is 0 Å². The maximum absolute atomic E-state index is 11.4. The molecule has 8 heteroatoms. The smallest absolute Gasteiger partial charge is 0.195 e. The quantitative estimate of drug-likeness (QED) is 0.432. The van der Waals surface area contributed by atoms with Gasteiger partial charge in [0, 0.05) is 39.2 Å². The van der Waals surface area contributed by atoms with Crippen molar-refractivity contribution in [2.45, 2.75) is 18.9 Å². The van der Waals surface area contributed by atoms with Crippen molar-refractivity contribution in [3.05, 3.63) is 24.2 Å². The first kappa shape index (κ1) is 19.0. The summed E-state index contributed by atoms with van der Waals surface area (Å²) in [4.78, 5) is 23.9. The van der Waals surface area contributed by atoms with Crippen molar-refractivity contribution in [2.75, 3.05) is 18.4 Å². The number of primary amides is 1. The van der Waals surface area contributed by atoms with Crippen molar-refractivity contribution in [1.82, 2.24) is 20.3 Å². The van der Waals surface area contributed by atoms with E-state index in [4.69, 9.17) is 5.73 Å². The Morgan fingerprint density at radius 3 is 2.83 bits per heavy atom. The van der Waals surface area contributed by atoms with Crippen LogP contribution < -0.4 is 16.4 Å². The van der Waals surface area contributed by atoms with Crippen molar-refractivity contribution in [3.63, 3.8) is 0 Å². The number of hydrogen-bond acceptors (Lipinski definition) is 6. The summed E-state index contributed by atoms with van der Waals surface area (Å²) in [5.41, 5.74) is 6.62. The summed E-state index contributed by atoms with van der Waals surface area (Å²) in [5, 5.41) is 6.67. The predicted octanol–water partition coefficient (Wildman–Crippen LogP) is 0.335. The van der Waals surface area contributed by atoms with E-state index in [-0.39, 0.29) is 21.1 Å². The predicted molar refractivity (Wildman–Crippen MR) is 84.1 cm³/mol. The first-order chi connectivity index (χ1) is 10.8. The van der Waals surface area contributed by atoms with Crippen LogP contribution >= 0.6 is 0 Å². The minimum atomic E-state index is -0.544. The summed E-state index contributed by atoms with van der Waals surface area (Å²) in [7, 11) is 0. The summed E-state index contributed by atoms with van der Waals surface area (Å²) in [5.74, 6) is 0.0701. The van der Waals surface area contributed by atoms with E-state index in [2.05, 4.69) is 44.6 Å². The van der Waals surface area contributed by atoms with Crippen LogP contribution in [-0.4, -0.2) is 40.0 Å². The molecule has 3 rings (SSSR count). The fourth-order valence-corrected chi connectivity index (χ4v) is 2.37. The molecule has 0 bridgehead atoms. The van der Waals surface area contributed by atoms with Gasteiger partial charge in [-0.1, -0.05) is 6.20 Å².